The second-order valence-corrected chi connectivity index (χ2v) is 11.2. The minimum absolute atomic E-state index is 0.700. The molecule has 6 heterocycles. The molecular weight excluding hydrogens is 488 g/mol. The van der Waals surface area contributed by atoms with Crippen molar-refractivity contribution in [2.75, 3.05) is 19.6 Å². The van der Waals surface area contributed by atoms with Crippen molar-refractivity contribution in [3.8, 4) is 22.0 Å². The average Bonchev–Trinajstić information content (AvgIpc) is 3.68. The second kappa shape index (κ2) is 10.5. The van der Waals surface area contributed by atoms with Gasteiger partial charge in [-0.3, -0.25) is 15.0 Å². The van der Waals surface area contributed by atoms with E-state index in [-0.39, 0.29) is 0 Å². The zero-order valence-electron chi connectivity index (χ0n) is 21.9. The van der Waals surface area contributed by atoms with Gasteiger partial charge < -0.3 is 4.98 Å². The van der Waals surface area contributed by atoms with E-state index in [0.29, 0.717) is 5.65 Å². The van der Waals surface area contributed by atoms with Gasteiger partial charge >= 0.3 is 0 Å². The first kappa shape index (κ1) is 24.5. The minimum atomic E-state index is 0.700. The maximum atomic E-state index is 4.70. The van der Waals surface area contributed by atoms with E-state index in [2.05, 4.69) is 76.9 Å². The number of aromatic nitrogens is 5. The molecule has 0 spiro atoms. The molecule has 0 aliphatic carbocycles. The van der Waals surface area contributed by atoms with Crippen molar-refractivity contribution in [1.82, 2.24) is 30.0 Å². The average molecular weight is 521 g/mol. The van der Waals surface area contributed by atoms with E-state index in [4.69, 9.17) is 9.97 Å². The summed E-state index contributed by atoms with van der Waals surface area (Å²) in [4.78, 5) is 17.9. The molecule has 1 fully saturated rings. The monoisotopic (exact) mass is 520 g/mol. The van der Waals surface area contributed by atoms with Gasteiger partial charge in [0.2, 0.25) is 0 Å². The molecule has 5 aromatic rings. The van der Waals surface area contributed by atoms with Crippen LogP contribution in [0.25, 0.3) is 49.5 Å². The van der Waals surface area contributed by atoms with E-state index in [1.807, 2.05) is 24.5 Å². The van der Waals surface area contributed by atoms with Crippen LogP contribution in [0.1, 0.15) is 36.6 Å². The third-order valence-corrected chi connectivity index (χ3v) is 8.31. The highest BCUT2D eigenvalue weighted by atomic mass is 32.1. The summed E-state index contributed by atoms with van der Waals surface area (Å²) < 4.78 is 0. The highest BCUT2D eigenvalue weighted by molar-refractivity contribution is 7.15. The zero-order valence-corrected chi connectivity index (χ0v) is 22.7. The number of rotatable bonds is 7. The first-order valence-electron chi connectivity index (χ1n) is 13.2. The SMILES string of the molecule is C=C/C(=C\C(=C/C)c1cnc2n[nH]c(-c3cc4c(-c5ccc(C)s5)nccc4[nH]3)c2c1)CN1CCCCC1. The van der Waals surface area contributed by atoms with Gasteiger partial charge in [0.05, 0.1) is 22.0 Å². The van der Waals surface area contributed by atoms with Crippen LogP contribution in [0.2, 0.25) is 0 Å². The molecule has 6 rings (SSSR count). The zero-order chi connectivity index (χ0) is 26.1. The van der Waals surface area contributed by atoms with Gasteiger partial charge in [-0.05, 0) is 81.3 Å². The van der Waals surface area contributed by atoms with Gasteiger partial charge in [-0.2, -0.15) is 5.10 Å². The van der Waals surface area contributed by atoms with Crippen molar-refractivity contribution in [1.29, 1.82) is 0 Å². The summed E-state index contributed by atoms with van der Waals surface area (Å²) >= 11 is 1.76. The molecule has 0 saturated carbocycles. The summed E-state index contributed by atoms with van der Waals surface area (Å²) in [5.74, 6) is 0. The largest absolute Gasteiger partial charge is 0.353 e. The second-order valence-electron chi connectivity index (χ2n) is 9.91. The summed E-state index contributed by atoms with van der Waals surface area (Å²) in [6, 6.07) is 10.7. The van der Waals surface area contributed by atoms with Gasteiger partial charge in [0.15, 0.2) is 5.65 Å². The molecule has 1 aliphatic heterocycles. The number of piperidine rings is 1. The quantitative estimate of drug-likeness (QED) is 0.217. The van der Waals surface area contributed by atoms with Gasteiger partial charge in [-0.15, -0.1) is 11.3 Å². The lowest BCUT2D eigenvalue weighted by atomic mass is 10.0. The number of hydrogen-bond donors (Lipinski definition) is 2. The van der Waals surface area contributed by atoms with Crippen molar-refractivity contribution in [2.45, 2.75) is 33.1 Å². The molecule has 5 aromatic heterocycles. The molecule has 1 aliphatic rings. The highest BCUT2D eigenvalue weighted by Gasteiger charge is 2.16. The third-order valence-electron chi connectivity index (χ3n) is 7.30. The smallest absolute Gasteiger partial charge is 0.181 e. The van der Waals surface area contributed by atoms with E-state index < -0.39 is 0 Å². The number of fused-ring (bicyclic) bond motifs is 2. The van der Waals surface area contributed by atoms with Crippen molar-refractivity contribution >= 4 is 38.8 Å². The Morgan fingerprint density at radius 1 is 1.11 bits per heavy atom. The summed E-state index contributed by atoms with van der Waals surface area (Å²) in [5.41, 5.74) is 8.07. The number of nitrogens with zero attached hydrogens (tertiary/aromatic N) is 4. The molecule has 0 bridgehead atoms. The van der Waals surface area contributed by atoms with E-state index in [9.17, 15) is 0 Å². The first-order valence-corrected chi connectivity index (χ1v) is 14.1. The lowest BCUT2D eigenvalue weighted by Crippen LogP contribution is -2.31. The molecular formula is C31H32N6S. The molecule has 0 aromatic carbocycles. The van der Waals surface area contributed by atoms with Crippen LogP contribution < -0.4 is 0 Å². The van der Waals surface area contributed by atoms with Crippen LogP contribution in [0.4, 0.5) is 0 Å². The molecule has 1 saturated heterocycles. The number of H-pyrrole nitrogens is 2. The normalized spacial score (nSPS) is 15.5. The number of aromatic amines is 2. The van der Waals surface area contributed by atoms with Gasteiger partial charge in [0.1, 0.15) is 0 Å². The van der Waals surface area contributed by atoms with E-state index in [0.717, 1.165) is 64.1 Å². The van der Waals surface area contributed by atoms with Crippen LogP contribution in [0, 0.1) is 6.92 Å². The number of thiophene rings is 1. The minimum Gasteiger partial charge on any atom is -0.353 e. The maximum Gasteiger partial charge on any atom is 0.181 e. The Morgan fingerprint density at radius 2 is 1.97 bits per heavy atom. The number of nitrogens with one attached hydrogen (secondary N) is 2. The Hall–Kier alpha value is -3.81. The van der Waals surface area contributed by atoms with Crippen molar-refractivity contribution in [2.24, 2.45) is 0 Å². The molecule has 2 N–H and O–H groups in total. The Bertz CT molecular complexity index is 1680. The predicted octanol–water partition coefficient (Wildman–Crippen LogP) is 7.54. The van der Waals surface area contributed by atoms with E-state index >= 15 is 0 Å². The number of pyridine rings is 2. The van der Waals surface area contributed by atoms with E-state index in [1.165, 1.54) is 34.6 Å². The lowest BCUT2D eigenvalue weighted by molar-refractivity contribution is 0.248. The van der Waals surface area contributed by atoms with Crippen molar-refractivity contribution in [3.05, 3.63) is 83.5 Å². The van der Waals surface area contributed by atoms with Crippen molar-refractivity contribution in [3.63, 3.8) is 0 Å². The van der Waals surface area contributed by atoms with Crippen LogP contribution in [-0.2, 0) is 0 Å². The Balaban J connectivity index is 1.36. The Morgan fingerprint density at radius 3 is 2.74 bits per heavy atom. The summed E-state index contributed by atoms with van der Waals surface area (Å²) in [5, 5.41) is 9.81. The van der Waals surface area contributed by atoms with Gasteiger partial charge in [0, 0.05) is 45.7 Å². The van der Waals surface area contributed by atoms with Crippen LogP contribution in [0.3, 0.4) is 0 Å². The molecule has 0 amide bonds. The van der Waals surface area contributed by atoms with Crippen LogP contribution in [0.15, 0.2) is 73.1 Å². The number of aryl methyl sites for hydroxylation is 1. The fourth-order valence-corrected chi connectivity index (χ4v) is 6.17. The molecule has 6 nitrogen and oxygen atoms in total. The Kier molecular flexibility index (Phi) is 6.79. The van der Waals surface area contributed by atoms with Crippen LogP contribution in [-0.4, -0.2) is 49.7 Å². The highest BCUT2D eigenvalue weighted by Crippen LogP contribution is 2.35. The number of hydrogen-bond acceptors (Lipinski definition) is 5. The van der Waals surface area contributed by atoms with Crippen LogP contribution in [0.5, 0.6) is 0 Å². The topological polar surface area (TPSA) is 73.5 Å². The van der Waals surface area contributed by atoms with Crippen molar-refractivity contribution < 1.29 is 0 Å². The standard InChI is InChI=1S/C31H32N6S/c1-4-21(19-37-13-7-6-8-14-37)15-22(5-2)23-16-25-29(35-36-31(25)33-18-23)27-17-24-26(34-27)11-12-32-30(24)28-10-9-20(3)38-28/h4-5,9-12,15-18,34H,1,6-8,13-14,19H2,2-3H3,(H,33,35,36)/b21-15+,22-5+. The summed E-state index contributed by atoms with van der Waals surface area (Å²) in [6.45, 7) is 11.6. The predicted molar refractivity (Wildman–Crippen MR) is 159 cm³/mol. The van der Waals surface area contributed by atoms with Gasteiger partial charge in [-0.25, -0.2) is 4.98 Å². The maximum absolute atomic E-state index is 4.70. The van der Waals surface area contributed by atoms with Crippen LogP contribution >= 0.6 is 11.3 Å². The number of likely N-dealkylation sites (tertiary alicyclic amines) is 1. The summed E-state index contributed by atoms with van der Waals surface area (Å²) in [6.07, 6.45) is 14.0. The number of allylic oxidation sites excluding steroid dienone is 3. The molecule has 38 heavy (non-hydrogen) atoms. The molecule has 7 heteroatoms. The molecule has 192 valence electrons. The molecule has 0 radical (unpaired) electrons. The van der Waals surface area contributed by atoms with Gasteiger partial charge in [0.25, 0.3) is 0 Å². The third kappa shape index (κ3) is 4.75. The molecule has 0 atom stereocenters. The van der Waals surface area contributed by atoms with E-state index in [1.54, 1.807) is 11.3 Å². The first-order chi connectivity index (χ1) is 18.6. The summed E-state index contributed by atoms with van der Waals surface area (Å²) in [7, 11) is 0. The lowest BCUT2D eigenvalue weighted by Gasteiger charge is -2.26. The fraction of sp³-hybridized carbons (Fsp3) is 0.258. The van der Waals surface area contributed by atoms with Gasteiger partial charge in [-0.1, -0.05) is 31.2 Å². The Labute approximate surface area is 226 Å². The molecule has 0 unspecified atom stereocenters. The fourth-order valence-electron chi connectivity index (χ4n) is 5.29.